The van der Waals surface area contributed by atoms with Gasteiger partial charge in [0.05, 0.1) is 5.60 Å². The average Bonchev–Trinajstić information content (AvgIpc) is 2.13. The lowest BCUT2D eigenvalue weighted by molar-refractivity contribution is 0.0690. The van der Waals surface area contributed by atoms with E-state index in [0.717, 1.165) is 19.9 Å². The maximum absolute atomic E-state index is 9.66. The van der Waals surface area contributed by atoms with Crippen LogP contribution in [0.15, 0.2) is 24.8 Å². The third-order valence-electron chi connectivity index (χ3n) is 0.838. The molecule has 0 amide bonds. The van der Waals surface area contributed by atoms with Crippen molar-refractivity contribution in [3.05, 3.63) is 24.8 Å². The van der Waals surface area contributed by atoms with Crippen molar-refractivity contribution >= 4 is 0 Å². The van der Waals surface area contributed by atoms with Crippen LogP contribution in [0.5, 0.6) is 0 Å². The highest BCUT2D eigenvalue weighted by molar-refractivity contribution is 5.10. The second-order valence-electron chi connectivity index (χ2n) is 2.66. The number of rotatable bonds is 5. The number of aliphatic hydroxyl groups is 1. The van der Waals surface area contributed by atoms with Gasteiger partial charge in [-0.2, -0.15) is 0 Å². The molecule has 0 aromatic rings. The maximum atomic E-state index is 9.66. The monoisotopic (exact) mass is 160 g/mol. The molecule has 0 aromatic carbocycles. The van der Waals surface area contributed by atoms with Crippen LogP contribution in [0, 0.1) is 0 Å². The summed E-state index contributed by atoms with van der Waals surface area (Å²) >= 11 is 0. The second kappa shape index (κ2) is 4.35. The molecule has 0 spiro atoms. The molecule has 64 valence electrons. The summed E-state index contributed by atoms with van der Waals surface area (Å²) in [5.41, 5.74) is -2.30. The van der Waals surface area contributed by atoms with Crippen LogP contribution in [0.4, 0.5) is 0 Å². The Morgan fingerprint density at radius 3 is 2.64 bits per heavy atom. The van der Waals surface area contributed by atoms with Crippen LogP contribution >= 0.6 is 0 Å². The van der Waals surface area contributed by atoms with Gasteiger partial charge in [-0.25, -0.2) is 0 Å². The Morgan fingerprint density at radius 1 is 1.73 bits per heavy atom. The van der Waals surface area contributed by atoms with Gasteiger partial charge in [-0.1, -0.05) is 24.8 Å². The van der Waals surface area contributed by atoms with E-state index in [1.807, 2.05) is 0 Å². The smallest absolute Gasteiger partial charge is 0.0591 e. The fourth-order valence-electron chi connectivity index (χ4n) is 0.316. The highest BCUT2D eigenvalue weighted by Gasteiger charge is 2.10. The summed E-state index contributed by atoms with van der Waals surface area (Å²) < 4.78 is 45.9. The van der Waals surface area contributed by atoms with E-state index in [2.05, 4.69) is 13.2 Å². The van der Waals surface area contributed by atoms with Crippen molar-refractivity contribution in [1.82, 2.24) is 0 Å². The Kier molecular flexibility index (Phi) is 1.54. The van der Waals surface area contributed by atoms with Gasteiger partial charge in [0.1, 0.15) is 0 Å². The predicted molar refractivity (Wildman–Crippen MR) is 49.5 cm³/mol. The van der Waals surface area contributed by atoms with Crippen molar-refractivity contribution in [2.24, 2.45) is 0 Å². The molecule has 1 N–H and O–H groups in total. The zero-order valence-electron chi connectivity index (χ0n) is 12.9. The van der Waals surface area contributed by atoms with Crippen molar-refractivity contribution in [3.63, 3.8) is 0 Å². The van der Waals surface area contributed by atoms with Crippen molar-refractivity contribution in [2.75, 3.05) is 0 Å². The zero-order chi connectivity index (χ0) is 14.3. The van der Waals surface area contributed by atoms with Crippen molar-refractivity contribution in [3.8, 4) is 0 Å². The van der Waals surface area contributed by atoms with Gasteiger partial charge in [0.15, 0.2) is 0 Å². The molecule has 0 bridgehead atoms. The first-order valence-corrected chi connectivity index (χ1v) is 3.27. The Labute approximate surface area is 77.9 Å². The number of hydrogen-bond donors (Lipinski definition) is 1. The van der Waals surface area contributed by atoms with E-state index in [1.54, 1.807) is 0 Å². The summed E-state index contributed by atoms with van der Waals surface area (Å²) in [6.45, 7) is 8.81. The summed E-state index contributed by atoms with van der Waals surface area (Å²) in [5, 5.41) is 9.66. The SMILES string of the molecule is [2H]C([2H])(C(=C)C=C)C([2H])([2H])C([2H])([2H])C(C)(C)O. The van der Waals surface area contributed by atoms with E-state index in [9.17, 15) is 5.11 Å². The van der Waals surface area contributed by atoms with E-state index >= 15 is 0 Å². The largest absolute Gasteiger partial charge is 0.390 e. The molecule has 0 heterocycles. The molecule has 0 aliphatic heterocycles. The van der Waals surface area contributed by atoms with Crippen molar-refractivity contribution in [1.29, 1.82) is 0 Å². The highest BCUT2D eigenvalue weighted by atomic mass is 16.3. The standard InChI is InChI=1S/C10H18O/c1-5-9(2)7-6-8-10(3,4)11/h5,11H,1-2,6-8H2,3-4H3/i6D2,7D2,8D2. The summed E-state index contributed by atoms with van der Waals surface area (Å²) in [4.78, 5) is 0. The minimum absolute atomic E-state index is 0.268. The molecule has 0 radical (unpaired) electrons. The third-order valence-corrected chi connectivity index (χ3v) is 0.838. The van der Waals surface area contributed by atoms with Gasteiger partial charge < -0.3 is 5.11 Å². The molecule has 1 nitrogen and oxygen atoms in total. The summed E-state index contributed by atoms with van der Waals surface area (Å²) in [6.07, 6.45) is -7.38. The lowest BCUT2D eigenvalue weighted by Crippen LogP contribution is -2.17. The van der Waals surface area contributed by atoms with Crippen LogP contribution in [0.2, 0.25) is 0 Å². The Hall–Kier alpha value is -0.560. The first kappa shape index (κ1) is 3.90. The fourth-order valence-corrected chi connectivity index (χ4v) is 0.316. The molecule has 0 unspecified atom stereocenters. The maximum Gasteiger partial charge on any atom is 0.0591 e. The first-order valence-electron chi connectivity index (χ1n) is 6.27. The van der Waals surface area contributed by atoms with E-state index < -0.39 is 24.7 Å². The fraction of sp³-hybridized carbons (Fsp3) is 0.600. The molecule has 0 aliphatic rings. The molecule has 0 aromatic heterocycles. The van der Waals surface area contributed by atoms with Crippen LogP contribution < -0.4 is 0 Å². The lowest BCUT2D eigenvalue weighted by Gasteiger charge is -2.16. The quantitative estimate of drug-likeness (QED) is 0.613. The van der Waals surface area contributed by atoms with Gasteiger partial charge in [-0.15, -0.1) is 0 Å². The molecule has 0 saturated carbocycles. The van der Waals surface area contributed by atoms with Crippen molar-refractivity contribution < 1.29 is 13.3 Å². The Morgan fingerprint density at radius 2 is 2.27 bits per heavy atom. The summed E-state index contributed by atoms with van der Waals surface area (Å²) in [7, 11) is 0. The predicted octanol–water partition coefficient (Wildman–Crippen LogP) is 2.67. The zero-order valence-corrected chi connectivity index (χ0v) is 6.94. The molecule has 0 atom stereocenters. The number of allylic oxidation sites excluding steroid dienone is 2. The molecule has 1 heteroatoms. The summed E-state index contributed by atoms with van der Waals surface area (Å²) in [5.74, 6) is 0. The molecule has 0 saturated heterocycles. The first-order chi connectivity index (χ1) is 7.23. The Bertz CT molecular complexity index is 326. The van der Waals surface area contributed by atoms with E-state index in [1.165, 1.54) is 0 Å². The molecular weight excluding hydrogens is 136 g/mol. The van der Waals surface area contributed by atoms with Gasteiger partial charge in [0, 0.05) is 8.22 Å². The summed E-state index contributed by atoms with van der Waals surface area (Å²) in [6, 6.07) is 0. The molecule has 0 fully saturated rings. The van der Waals surface area contributed by atoms with Gasteiger partial charge >= 0.3 is 0 Å². The molecule has 11 heavy (non-hydrogen) atoms. The normalized spacial score (nSPS) is 23.2. The third kappa shape index (κ3) is 7.34. The van der Waals surface area contributed by atoms with Crippen LogP contribution in [-0.4, -0.2) is 10.7 Å². The molecule has 0 aliphatic carbocycles. The van der Waals surface area contributed by atoms with E-state index in [0.29, 0.717) is 0 Å². The minimum atomic E-state index is -2.95. The minimum Gasteiger partial charge on any atom is -0.390 e. The van der Waals surface area contributed by atoms with Gasteiger partial charge in [0.25, 0.3) is 0 Å². The second-order valence-corrected chi connectivity index (χ2v) is 2.66. The Balaban J connectivity index is 5.71. The molecule has 0 rings (SSSR count). The molecular formula is C10H18O. The van der Waals surface area contributed by atoms with Crippen LogP contribution in [0.3, 0.4) is 0 Å². The van der Waals surface area contributed by atoms with E-state index in [4.69, 9.17) is 8.22 Å². The van der Waals surface area contributed by atoms with Crippen molar-refractivity contribution in [2.45, 2.75) is 38.6 Å². The van der Waals surface area contributed by atoms with Crippen LogP contribution in [-0.2, 0) is 0 Å². The van der Waals surface area contributed by atoms with Gasteiger partial charge in [0.2, 0.25) is 0 Å². The van der Waals surface area contributed by atoms with E-state index in [-0.39, 0.29) is 5.57 Å². The topological polar surface area (TPSA) is 20.2 Å². The van der Waals surface area contributed by atoms with Gasteiger partial charge in [-0.05, 0) is 33.0 Å². The van der Waals surface area contributed by atoms with Crippen LogP contribution in [0.1, 0.15) is 41.2 Å². The lowest BCUT2D eigenvalue weighted by atomic mass is 10.00. The number of hydrogen-bond acceptors (Lipinski definition) is 1. The average molecular weight is 160 g/mol. The highest BCUT2D eigenvalue weighted by Crippen LogP contribution is 2.14. The van der Waals surface area contributed by atoms with Crippen LogP contribution in [0.25, 0.3) is 0 Å². The van der Waals surface area contributed by atoms with Gasteiger partial charge in [-0.3, -0.25) is 0 Å².